The van der Waals surface area contributed by atoms with Gasteiger partial charge in [-0.15, -0.1) is 11.3 Å². The lowest BCUT2D eigenvalue weighted by Gasteiger charge is -1.99. The molecule has 1 aromatic heterocycles. The minimum Gasteiger partial charge on any atom is -0.323 e. The number of hydrogen-bond donors (Lipinski definition) is 1. The minimum atomic E-state index is 0.0231. The molecule has 1 atom stereocenters. The molecule has 4 heteroatoms. The lowest BCUT2D eigenvalue weighted by molar-refractivity contribution is 0.825. The molecule has 0 amide bonds. The van der Waals surface area contributed by atoms with Crippen LogP contribution in [0.25, 0.3) is 0 Å². The molecule has 1 unspecified atom stereocenters. The number of nitrogens with two attached hydrogens (primary N) is 1. The van der Waals surface area contributed by atoms with E-state index in [4.69, 9.17) is 11.0 Å². The van der Waals surface area contributed by atoms with Crippen LogP contribution in [0, 0.1) is 18.3 Å². The fourth-order valence-electron chi connectivity index (χ4n) is 1.03. The Bertz CT molecular complexity index is 309. The molecular formula is C8H11N3S. The molecule has 0 aliphatic heterocycles. The van der Waals surface area contributed by atoms with Gasteiger partial charge < -0.3 is 5.73 Å². The van der Waals surface area contributed by atoms with Crippen molar-refractivity contribution >= 4 is 11.3 Å². The highest BCUT2D eigenvalue weighted by molar-refractivity contribution is 7.11. The molecule has 64 valence electrons. The van der Waals surface area contributed by atoms with E-state index in [0.717, 1.165) is 15.6 Å². The van der Waals surface area contributed by atoms with E-state index in [9.17, 15) is 0 Å². The largest absolute Gasteiger partial charge is 0.323 e. The lowest BCUT2D eigenvalue weighted by Crippen LogP contribution is -2.03. The Hall–Kier alpha value is -0.920. The number of aryl methyl sites for hydroxylation is 1. The molecule has 0 saturated heterocycles. The summed E-state index contributed by atoms with van der Waals surface area (Å²) in [7, 11) is 0. The van der Waals surface area contributed by atoms with Crippen LogP contribution in [0.1, 0.15) is 28.5 Å². The van der Waals surface area contributed by atoms with Crippen LogP contribution >= 0.6 is 11.3 Å². The number of nitriles is 1. The fourth-order valence-corrected chi connectivity index (χ4v) is 1.98. The van der Waals surface area contributed by atoms with Crippen molar-refractivity contribution in [2.75, 3.05) is 0 Å². The van der Waals surface area contributed by atoms with Gasteiger partial charge in [0.25, 0.3) is 0 Å². The first-order chi connectivity index (χ1) is 5.65. The third kappa shape index (κ3) is 1.81. The zero-order chi connectivity index (χ0) is 9.14. The second-order valence-electron chi connectivity index (χ2n) is 2.68. The van der Waals surface area contributed by atoms with Gasteiger partial charge in [-0.2, -0.15) is 5.26 Å². The van der Waals surface area contributed by atoms with Crippen molar-refractivity contribution in [3.8, 4) is 6.07 Å². The second kappa shape index (κ2) is 3.65. The molecule has 0 saturated carbocycles. The van der Waals surface area contributed by atoms with Gasteiger partial charge in [-0.05, 0) is 13.8 Å². The number of aromatic nitrogens is 1. The topological polar surface area (TPSA) is 62.7 Å². The molecule has 0 aliphatic carbocycles. The van der Waals surface area contributed by atoms with Crippen LogP contribution in [-0.2, 0) is 6.42 Å². The Kier molecular flexibility index (Phi) is 2.79. The van der Waals surface area contributed by atoms with E-state index in [1.807, 2.05) is 13.8 Å². The smallest absolute Gasteiger partial charge is 0.107 e. The van der Waals surface area contributed by atoms with E-state index >= 15 is 0 Å². The maximum atomic E-state index is 8.44. The van der Waals surface area contributed by atoms with Crippen LogP contribution in [0.3, 0.4) is 0 Å². The number of thiazole rings is 1. The van der Waals surface area contributed by atoms with E-state index in [2.05, 4.69) is 11.1 Å². The maximum Gasteiger partial charge on any atom is 0.107 e. The summed E-state index contributed by atoms with van der Waals surface area (Å²) < 4.78 is 0. The van der Waals surface area contributed by atoms with Crippen LogP contribution in [-0.4, -0.2) is 4.98 Å². The highest BCUT2D eigenvalue weighted by atomic mass is 32.1. The predicted octanol–water partition coefficient (Wildman–Crippen LogP) is 1.54. The van der Waals surface area contributed by atoms with Crippen molar-refractivity contribution < 1.29 is 0 Å². The van der Waals surface area contributed by atoms with Gasteiger partial charge >= 0.3 is 0 Å². The van der Waals surface area contributed by atoms with Gasteiger partial charge in [0.2, 0.25) is 0 Å². The number of hydrogen-bond acceptors (Lipinski definition) is 4. The average Bonchev–Trinajstić information content (AvgIpc) is 2.32. The molecule has 0 aliphatic rings. The van der Waals surface area contributed by atoms with Crippen molar-refractivity contribution in [3.63, 3.8) is 0 Å². The molecule has 2 N–H and O–H groups in total. The van der Waals surface area contributed by atoms with E-state index in [1.165, 1.54) is 11.3 Å². The van der Waals surface area contributed by atoms with Crippen molar-refractivity contribution in [1.82, 2.24) is 4.98 Å². The standard InChI is InChI=1S/C8H11N3S/c1-5(10)8-6(2)11-7(12-8)3-4-9/h5H,3,10H2,1-2H3. The summed E-state index contributed by atoms with van der Waals surface area (Å²) in [5.41, 5.74) is 6.67. The van der Waals surface area contributed by atoms with Gasteiger partial charge in [-0.25, -0.2) is 4.98 Å². The Balaban J connectivity index is 2.94. The highest BCUT2D eigenvalue weighted by Crippen LogP contribution is 2.23. The van der Waals surface area contributed by atoms with Crippen LogP contribution in [0.5, 0.6) is 0 Å². The van der Waals surface area contributed by atoms with Gasteiger partial charge in [-0.1, -0.05) is 0 Å². The van der Waals surface area contributed by atoms with Crippen molar-refractivity contribution in [2.24, 2.45) is 5.73 Å². The summed E-state index contributed by atoms with van der Waals surface area (Å²) >= 11 is 1.53. The summed E-state index contributed by atoms with van der Waals surface area (Å²) in [4.78, 5) is 5.32. The monoisotopic (exact) mass is 181 g/mol. The third-order valence-corrected chi connectivity index (χ3v) is 2.88. The summed E-state index contributed by atoms with van der Waals surface area (Å²) in [5.74, 6) is 0. The zero-order valence-electron chi connectivity index (χ0n) is 7.16. The number of rotatable bonds is 2. The van der Waals surface area contributed by atoms with Gasteiger partial charge in [0.1, 0.15) is 5.01 Å². The molecule has 0 bridgehead atoms. The van der Waals surface area contributed by atoms with E-state index in [0.29, 0.717) is 6.42 Å². The van der Waals surface area contributed by atoms with Crippen LogP contribution < -0.4 is 5.73 Å². The molecule has 0 fully saturated rings. The summed E-state index contributed by atoms with van der Waals surface area (Å²) in [5, 5.41) is 9.31. The van der Waals surface area contributed by atoms with E-state index in [-0.39, 0.29) is 6.04 Å². The second-order valence-corrected chi connectivity index (χ2v) is 3.80. The quantitative estimate of drug-likeness (QED) is 0.752. The minimum absolute atomic E-state index is 0.0231. The Morgan fingerprint density at radius 2 is 2.42 bits per heavy atom. The highest BCUT2D eigenvalue weighted by Gasteiger charge is 2.09. The summed E-state index contributed by atoms with van der Waals surface area (Å²) in [6.45, 7) is 3.85. The number of nitrogens with zero attached hydrogens (tertiary/aromatic N) is 2. The van der Waals surface area contributed by atoms with Crippen molar-refractivity contribution in [1.29, 1.82) is 5.26 Å². The average molecular weight is 181 g/mol. The van der Waals surface area contributed by atoms with Crippen LogP contribution in [0.2, 0.25) is 0 Å². The molecule has 0 aromatic carbocycles. The first-order valence-electron chi connectivity index (χ1n) is 3.74. The molecule has 0 spiro atoms. The van der Waals surface area contributed by atoms with E-state index < -0.39 is 0 Å². The summed E-state index contributed by atoms with van der Waals surface area (Å²) in [6.07, 6.45) is 0.387. The lowest BCUT2D eigenvalue weighted by atomic mass is 10.2. The van der Waals surface area contributed by atoms with Crippen LogP contribution in [0.4, 0.5) is 0 Å². The normalized spacial score (nSPS) is 12.5. The van der Waals surface area contributed by atoms with Gasteiger partial charge in [0, 0.05) is 10.9 Å². The predicted molar refractivity (Wildman–Crippen MR) is 48.8 cm³/mol. The van der Waals surface area contributed by atoms with Crippen LogP contribution in [0.15, 0.2) is 0 Å². The molecule has 0 radical (unpaired) electrons. The fraction of sp³-hybridized carbons (Fsp3) is 0.500. The third-order valence-electron chi connectivity index (χ3n) is 1.52. The van der Waals surface area contributed by atoms with Gasteiger partial charge in [-0.3, -0.25) is 0 Å². The molecule has 1 aromatic rings. The molecule has 12 heavy (non-hydrogen) atoms. The van der Waals surface area contributed by atoms with Gasteiger partial charge in [0.05, 0.1) is 18.2 Å². The first kappa shape index (κ1) is 9.17. The zero-order valence-corrected chi connectivity index (χ0v) is 7.98. The van der Waals surface area contributed by atoms with Crippen molar-refractivity contribution in [2.45, 2.75) is 26.3 Å². The Morgan fingerprint density at radius 3 is 2.83 bits per heavy atom. The SMILES string of the molecule is Cc1nc(CC#N)sc1C(C)N. The molecule has 3 nitrogen and oxygen atoms in total. The Labute approximate surface area is 75.8 Å². The molecular weight excluding hydrogens is 170 g/mol. The van der Waals surface area contributed by atoms with Gasteiger partial charge in [0.15, 0.2) is 0 Å². The first-order valence-corrected chi connectivity index (χ1v) is 4.55. The van der Waals surface area contributed by atoms with Crippen molar-refractivity contribution in [3.05, 3.63) is 15.6 Å². The maximum absolute atomic E-state index is 8.44. The molecule has 1 heterocycles. The van der Waals surface area contributed by atoms with E-state index in [1.54, 1.807) is 0 Å². The molecule has 1 rings (SSSR count). The Morgan fingerprint density at radius 1 is 1.75 bits per heavy atom. The summed E-state index contributed by atoms with van der Waals surface area (Å²) in [6, 6.07) is 2.09.